The van der Waals surface area contributed by atoms with Crippen molar-refractivity contribution in [2.45, 2.75) is 51.2 Å². The fraction of sp³-hybridized carbons (Fsp3) is 0.258. The van der Waals surface area contributed by atoms with Gasteiger partial charge in [-0.25, -0.2) is 14.0 Å². The number of aryl methyl sites for hydroxylation is 1. The number of anilines is 1. The van der Waals surface area contributed by atoms with Crippen molar-refractivity contribution < 1.29 is 28.2 Å². The standard InChI is InChI=1S/C31H30FNO5/c1-2-16-31(17-15-22-11-13-25(32)14-12-22)20-28(34)27(29(35)38-31)19-24-9-6-10-26(18-24)33-30(36)37-21-23-7-4-3-5-8-23/h3-14,18-19H,2,15-17,20-21H2,1H3,(H,33,36)/b27-19-. The highest BCUT2D eigenvalue weighted by atomic mass is 19.1. The highest BCUT2D eigenvalue weighted by Gasteiger charge is 2.43. The molecule has 1 atom stereocenters. The highest BCUT2D eigenvalue weighted by Crippen LogP contribution is 2.35. The van der Waals surface area contributed by atoms with Gasteiger partial charge in [-0.3, -0.25) is 10.1 Å². The zero-order valence-electron chi connectivity index (χ0n) is 21.2. The van der Waals surface area contributed by atoms with Crippen LogP contribution in [0.15, 0.2) is 84.4 Å². The van der Waals surface area contributed by atoms with E-state index in [-0.39, 0.29) is 30.2 Å². The number of ketones is 1. The number of hydrogen-bond acceptors (Lipinski definition) is 5. The second-order valence-electron chi connectivity index (χ2n) is 9.42. The van der Waals surface area contributed by atoms with Gasteiger partial charge in [-0.15, -0.1) is 0 Å². The number of hydrogen-bond donors (Lipinski definition) is 1. The summed E-state index contributed by atoms with van der Waals surface area (Å²) < 4.78 is 24.4. The molecule has 196 valence electrons. The van der Waals surface area contributed by atoms with Crippen molar-refractivity contribution >= 4 is 29.6 Å². The third kappa shape index (κ3) is 7.16. The summed E-state index contributed by atoms with van der Waals surface area (Å²) >= 11 is 0. The lowest BCUT2D eigenvalue weighted by Gasteiger charge is -2.37. The van der Waals surface area contributed by atoms with Crippen LogP contribution in [0.1, 0.15) is 49.3 Å². The topological polar surface area (TPSA) is 81.7 Å². The maximum absolute atomic E-state index is 13.2. The molecule has 1 N–H and O–H groups in total. The average molecular weight is 516 g/mol. The molecule has 7 heteroatoms. The summed E-state index contributed by atoms with van der Waals surface area (Å²) in [5.74, 6) is -1.25. The molecular formula is C31H30FNO5. The SMILES string of the molecule is CCCC1(CCc2ccc(F)cc2)CC(=O)/C(=C/c2cccc(NC(=O)OCc3ccccc3)c2)C(=O)O1. The molecule has 4 rings (SSSR count). The number of amides is 1. The van der Waals surface area contributed by atoms with Gasteiger partial charge in [0, 0.05) is 5.69 Å². The van der Waals surface area contributed by atoms with Crippen LogP contribution in [0, 0.1) is 5.82 Å². The monoisotopic (exact) mass is 515 g/mol. The van der Waals surface area contributed by atoms with Crippen LogP contribution < -0.4 is 5.32 Å². The Morgan fingerprint density at radius 1 is 1.00 bits per heavy atom. The Hall–Kier alpha value is -4.26. The van der Waals surface area contributed by atoms with Crippen LogP contribution in [-0.2, 0) is 32.1 Å². The van der Waals surface area contributed by atoms with Crippen molar-refractivity contribution in [3.63, 3.8) is 0 Å². The summed E-state index contributed by atoms with van der Waals surface area (Å²) in [7, 11) is 0. The molecule has 0 aliphatic carbocycles. The second kappa shape index (κ2) is 12.3. The number of nitrogens with one attached hydrogen (secondary N) is 1. The molecule has 0 aromatic heterocycles. The number of ether oxygens (including phenoxy) is 2. The molecule has 1 fully saturated rings. The van der Waals surface area contributed by atoms with Gasteiger partial charge in [-0.2, -0.15) is 0 Å². The molecule has 6 nitrogen and oxygen atoms in total. The first-order valence-corrected chi connectivity index (χ1v) is 12.7. The Kier molecular flexibility index (Phi) is 8.69. The average Bonchev–Trinajstić information content (AvgIpc) is 2.90. The van der Waals surface area contributed by atoms with Crippen LogP contribution in [0.2, 0.25) is 0 Å². The van der Waals surface area contributed by atoms with Gasteiger partial charge in [0.05, 0.1) is 6.42 Å². The molecular weight excluding hydrogens is 485 g/mol. The van der Waals surface area contributed by atoms with Crippen molar-refractivity contribution in [3.05, 3.63) is 107 Å². The van der Waals surface area contributed by atoms with E-state index in [9.17, 15) is 18.8 Å². The van der Waals surface area contributed by atoms with Crippen molar-refractivity contribution in [2.24, 2.45) is 0 Å². The number of esters is 1. The number of rotatable bonds is 9. The summed E-state index contributed by atoms with van der Waals surface area (Å²) in [4.78, 5) is 38.3. The van der Waals surface area contributed by atoms with Crippen LogP contribution in [0.25, 0.3) is 6.08 Å². The lowest BCUT2D eigenvalue weighted by molar-refractivity contribution is -0.164. The van der Waals surface area contributed by atoms with Crippen molar-refractivity contribution in [2.75, 3.05) is 5.32 Å². The fourth-order valence-electron chi connectivity index (χ4n) is 4.56. The molecule has 3 aromatic rings. The van der Waals surface area contributed by atoms with Crippen LogP contribution in [0.5, 0.6) is 0 Å². The van der Waals surface area contributed by atoms with E-state index < -0.39 is 17.7 Å². The van der Waals surface area contributed by atoms with Gasteiger partial charge in [-0.05, 0) is 66.3 Å². The van der Waals surface area contributed by atoms with Crippen LogP contribution >= 0.6 is 0 Å². The minimum Gasteiger partial charge on any atom is -0.455 e. The van der Waals surface area contributed by atoms with Gasteiger partial charge in [-0.1, -0.05) is 67.9 Å². The molecule has 1 amide bonds. The lowest BCUT2D eigenvalue weighted by Crippen LogP contribution is -2.44. The summed E-state index contributed by atoms with van der Waals surface area (Å²) in [5.41, 5.74) is 1.91. The van der Waals surface area contributed by atoms with E-state index in [1.807, 2.05) is 37.3 Å². The van der Waals surface area contributed by atoms with E-state index in [4.69, 9.17) is 9.47 Å². The van der Waals surface area contributed by atoms with E-state index in [0.29, 0.717) is 30.5 Å². The minimum atomic E-state index is -0.888. The van der Waals surface area contributed by atoms with E-state index in [1.165, 1.54) is 18.2 Å². The molecule has 0 radical (unpaired) electrons. The highest BCUT2D eigenvalue weighted by molar-refractivity contribution is 6.22. The molecule has 1 unspecified atom stereocenters. The summed E-state index contributed by atoms with van der Waals surface area (Å²) in [5, 5.41) is 2.66. The lowest BCUT2D eigenvalue weighted by atomic mass is 9.82. The molecule has 1 saturated heterocycles. The Morgan fingerprint density at radius 2 is 1.76 bits per heavy atom. The molecule has 1 aliphatic heterocycles. The largest absolute Gasteiger partial charge is 0.455 e. The third-order valence-electron chi connectivity index (χ3n) is 6.46. The number of Topliss-reactive ketones (excluding diaryl/α,β-unsaturated/α-hetero) is 1. The summed E-state index contributed by atoms with van der Waals surface area (Å²) in [6, 6.07) is 22.3. The molecule has 1 aliphatic rings. The number of halogens is 1. The first-order chi connectivity index (χ1) is 18.4. The van der Waals surface area contributed by atoms with Crippen LogP contribution in [-0.4, -0.2) is 23.4 Å². The van der Waals surface area contributed by atoms with Gasteiger partial charge >= 0.3 is 12.1 Å². The maximum atomic E-state index is 13.2. The van der Waals surface area contributed by atoms with Gasteiger partial charge in [0.15, 0.2) is 5.78 Å². The summed E-state index contributed by atoms with van der Waals surface area (Å²) in [6.45, 7) is 2.12. The Morgan fingerprint density at radius 3 is 2.47 bits per heavy atom. The zero-order chi connectivity index (χ0) is 27.0. The predicted octanol–water partition coefficient (Wildman–Crippen LogP) is 6.65. The van der Waals surface area contributed by atoms with Gasteiger partial charge < -0.3 is 9.47 Å². The molecule has 0 spiro atoms. The van der Waals surface area contributed by atoms with Crippen LogP contribution in [0.4, 0.5) is 14.9 Å². The Balaban J connectivity index is 1.41. The zero-order valence-corrected chi connectivity index (χ0v) is 21.2. The van der Waals surface area contributed by atoms with Gasteiger partial charge in [0.25, 0.3) is 0 Å². The first kappa shape index (κ1) is 26.8. The number of benzene rings is 3. The van der Waals surface area contributed by atoms with Crippen molar-refractivity contribution in [3.8, 4) is 0 Å². The Labute approximate surface area is 221 Å². The van der Waals surface area contributed by atoms with E-state index in [2.05, 4.69) is 5.32 Å². The molecule has 0 bridgehead atoms. The van der Waals surface area contributed by atoms with Crippen LogP contribution in [0.3, 0.4) is 0 Å². The number of cyclic esters (lactones) is 1. The quantitative estimate of drug-likeness (QED) is 0.196. The van der Waals surface area contributed by atoms with Crippen molar-refractivity contribution in [1.82, 2.24) is 0 Å². The number of carbonyl (C=O) groups is 3. The first-order valence-electron chi connectivity index (χ1n) is 12.7. The third-order valence-corrected chi connectivity index (χ3v) is 6.46. The van der Waals surface area contributed by atoms with Gasteiger partial charge in [0.1, 0.15) is 23.6 Å². The van der Waals surface area contributed by atoms with E-state index >= 15 is 0 Å². The summed E-state index contributed by atoms with van der Waals surface area (Å²) in [6.07, 6.45) is 3.30. The molecule has 0 saturated carbocycles. The minimum absolute atomic E-state index is 0.0256. The normalized spacial score (nSPS) is 18.2. The number of carbonyl (C=O) groups excluding carboxylic acids is 3. The predicted molar refractivity (Wildman–Crippen MR) is 143 cm³/mol. The molecule has 38 heavy (non-hydrogen) atoms. The molecule has 3 aromatic carbocycles. The van der Waals surface area contributed by atoms with E-state index in [1.54, 1.807) is 36.4 Å². The van der Waals surface area contributed by atoms with Crippen molar-refractivity contribution in [1.29, 1.82) is 0 Å². The fourth-order valence-corrected chi connectivity index (χ4v) is 4.56. The second-order valence-corrected chi connectivity index (χ2v) is 9.42. The van der Waals surface area contributed by atoms with Gasteiger partial charge in [0.2, 0.25) is 0 Å². The Bertz CT molecular complexity index is 1300. The smallest absolute Gasteiger partial charge is 0.411 e. The molecule has 1 heterocycles. The maximum Gasteiger partial charge on any atom is 0.411 e. The van der Waals surface area contributed by atoms with E-state index in [0.717, 1.165) is 17.5 Å².